The van der Waals surface area contributed by atoms with Crippen LogP contribution in [0.25, 0.3) is 6.08 Å². The molecule has 28 heavy (non-hydrogen) atoms. The largest absolute Gasteiger partial charge is 0.399 e. The second-order valence-corrected chi connectivity index (χ2v) is 6.87. The van der Waals surface area contributed by atoms with E-state index in [4.69, 9.17) is 34.3 Å². The smallest absolute Gasteiger partial charge is 0.257 e. The predicted octanol–water partition coefficient (Wildman–Crippen LogP) is 5.89. The number of hydrogen-bond donors (Lipinski definition) is 3. The summed E-state index contributed by atoms with van der Waals surface area (Å²) in [4.78, 5) is 12.5. The Morgan fingerprint density at radius 2 is 1.71 bits per heavy atom. The molecular formula is C22H17Cl2N3O. The first kappa shape index (κ1) is 19.7. The fourth-order valence-electron chi connectivity index (χ4n) is 2.76. The lowest BCUT2D eigenvalue weighted by Crippen LogP contribution is -2.13. The normalized spacial score (nSPS) is 10.4. The Bertz CT molecular complexity index is 1090. The summed E-state index contributed by atoms with van der Waals surface area (Å²) < 4.78 is 0. The number of carbonyl (C=O) groups is 1. The average molecular weight is 410 g/mol. The van der Waals surface area contributed by atoms with Crippen LogP contribution in [0.2, 0.25) is 10.0 Å². The summed E-state index contributed by atoms with van der Waals surface area (Å²) in [5.41, 5.74) is 9.21. The molecule has 0 saturated carbocycles. The van der Waals surface area contributed by atoms with Crippen LogP contribution < -0.4 is 11.1 Å². The number of nitrogen functional groups attached to an aromatic ring is 1. The Kier molecular flexibility index (Phi) is 5.83. The summed E-state index contributed by atoms with van der Waals surface area (Å²) in [6.45, 7) is 3.79. The van der Waals surface area contributed by atoms with Gasteiger partial charge in [0.05, 0.1) is 21.3 Å². The average Bonchev–Trinajstić information content (AvgIpc) is 2.68. The number of rotatable bonds is 5. The summed E-state index contributed by atoms with van der Waals surface area (Å²) in [7, 11) is 0. The molecule has 0 aromatic heterocycles. The number of anilines is 2. The highest BCUT2D eigenvalue weighted by Gasteiger charge is 2.15. The van der Waals surface area contributed by atoms with Gasteiger partial charge in [-0.05, 0) is 42.0 Å². The van der Waals surface area contributed by atoms with Crippen LogP contribution in [0.1, 0.15) is 27.0 Å². The molecule has 0 saturated heterocycles. The minimum absolute atomic E-state index is 0.238. The zero-order chi connectivity index (χ0) is 20.3. The highest BCUT2D eigenvalue weighted by molar-refractivity contribution is 6.36. The van der Waals surface area contributed by atoms with Crippen molar-refractivity contribution in [2.24, 2.45) is 0 Å². The first-order valence-electron chi connectivity index (χ1n) is 8.37. The SMILES string of the molecule is C=Cc1ccccc1C(=N)c1cc(NC(=O)c2ccc(N)cc2Cl)ccc1Cl. The van der Waals surface area contributed by atoms with Crippen molar-refractivity contribution in [3.63, 3.8) is 0 Å². The monoisotopic (exact) mass is 409 g/mol. The summed E-state index contributed by atoms with van der Waals surface area (Å²) >= 11 is 12.4. The number of hydrogen-bond acceptors (Lipinski definition) is 3. The lowest BCUT2D eigenvalue weighted by Gasteiger charge is -2.13. The van der Waals surface area contributed by atoms with E-state index >= 15 is 0 Å². The van der Waals surface area contributed by atoms with Crippen molar-refractivity contribution in [3.05, 3.63) is 99.5 Å². The molecule has 1 amide bonds. The van der Waals surface area contributed by atoms with Gasteiger partial charge in [0.25, 0.3) is 5.91 Å². The maximum Gasteiger partial charge on any atom is 0.257 e. The number of halogens is 2. The molecule has 0 bridgehead atoms. The van der Waals surface area contributed by atoms with Crippen molar-refractivity contribution in [1.82, 2.24) is 0 Å². The minimum atomic E-state index is -0.378. The number of carbonyl (C=O) groups excluding carboxylic acids is 1. The maximum absolute atomic E-state index is 12.5. The Labute approximate surface area is 173 Å². The summed E-state index contributed by atoms with van der Waals surface area (Å²) in [6, 6.07) is 17.1. The van der Waals surface area contributed by atoms with Crippen molar-refractivity contribution >= 4 is 52.3 Å². The molecule has 4 N–H and O–H groups in total. The van der Waals surface area contributed by atoms with Crippen molar-refractivity contribution in [1.29, 1.82) is 5.41 Å². The van der Waals surface area contributed by atoms with E-state index in [1.807, 2.05) is 24.3 Å². The minimum Gasteiger partial charge on any atom is -0.399 e. The van der Waals surface area contributed by atoms with Crippen molar-refractivity contribution in [2.75, 3.05) is 11.1 Å². The highest BCUT2D eigenvalue weighted by Crippen LogP contribution is 2.26. The number of benzene rings is 3. The van der Waals surface area contributed by atoms with Gasteiger partial charge in [-0.25, -0.2) is 0 Å². The first-order valence-corrected chi connectivity index (χ1v) is 9.13. The predicted molar refractivity (Wildman–Crippen MR) is 118 cm³/mol. The second-order valence-electron chi connectivity index (χ2n) is 6.05. The molecule has 0 fully saturated rings. The molecule has 0 radical (unpaired) electrons. The van der Waals surface area contributed by atoms with E-state index in [1.165, 1.54) is 6.07 Å². The van der Waals surface area contributed by atoms with Gasteiger partial charge < -0.3 is 11.1 Å². The van der Waals surface area contributed by atoms with Gasteiger partial charge in [-0.2, -0.15) is 0 Å². The van der Waals surface area contributed by atoms with Crippen LogP contribution in [0, 0.1) is 5.41 Å². The third-order valence-corrected chi connectivity index (χ3v) is 4.82. The summed E-state index contributed by atoms with van der Waals surface area (Å²) in [5.74, 6) is -0.378. The molecule has 0 aliphatic rings. The molecule has 3 aromatic carbocycles. The van der Waals surface area contributed by atoms with Crippen molar-refractivity contribution < 1.29 is 4.79 Å². The van der Waals surface area contributed by atoms with E-state index < -0.39 is 0 Å². The van der Waals surface area contributed by atoms with E-state index in [9.17, 15) is 4.79 Å². The van der Waals surface area contributed by atoms with E-state index in [-0.39, 0.29) is 16.6 Å². The van der Waals surface area contributed by atoms with Crippen molar-refractivity contribution in [2.45, 2.75) is 0 Å². The van der Waals surface area contributed by atoms with E-state index in [1.54, 1.807) is 36.4 Å². The van der Waals surface area contributed by atoms with Crippen LogP contribution in [0.3, 0.4) is 0 Å². The van der Waals surface area contributed by atoms with Gasteiger partial charge in [-0.1, -0.05) is 60.1 Å². The topological polar surface area (TPSA) is 79.0 Å². The van der Waals surface area contributed by atoms with Crippen LogP contribution in [0.4, 0.5) is 11.4 Å². The van der Waals surface area contributed by atoms with E-state index in [2.05, 4.69) is 11.9 Å². The van der Waals surface area contributed by atoms with Crippen LogP contribution >= 0.6 is 23.2 Å². The molecule has 0 atom stereocenters. The molecular weight excluding hydrogens is 393 g/mol. The molecule has 0 heterocycles. The van der Waals surface area contributed by atoms with Crippen LogP contribution in [-0.2, 0) is 0 Å². The van der Waals surface area contributed by atoms with E-state index in [0.29, 0.717) is 33.1 Å². The Morgan fingerprint density at radius 3 is 2.43 bits per heavy atom. The van der Waals surface area contributed by atoms with Gasteiger partial charge in [0, 0.05) is 22.5 Å². The third-order valence-electron chi connectivity index (χ3n) is 4.18. The Morgan fingerprint density at radius 1 is 0.964 bits per heavy atom. The Hall–Kier alpha value is -3.08. The van der Waals surface area contributed by atoms with Crippen molar-refractivity contribution in [3.8, 4) is 0 Å². The van der Waals surface area contributed by atoms with Gasteiger partial charge in [-0.3, -0.25) is 10.2 Å². The summed E-state index contributed by atoms with van der Waals surface area (Å²) in [5, 5.41) is 12.0. The lowest BCUT2D eigenvalue weighted by molar-refractivity contribution is 0.102. The molecule has 0 aliphatic heterocycles. The molecule has 0 spiro atoms. The Balaban J connectivity index is 1.92. The van der Waals surface area contributed by atoms with E-state index in [0.717, 1.165) is 5.56 Å². The number of nitrogens with two attached hydrogens (primary N) is 1. The standard InChI is InChI=1S/C22H17Cl2N3O/c1-2-13-5-3-4-6-16(13)21(26)18-12-15(8-10-19(18)23)27-22(28)17-9-7-14(25)11-20(17)24/h2-12,26H,1,25H2,(H,27,28). The molecule has 0 unspecified atom stereocenters. The lowest BCUT2D eigenvalue weighted by atomic mass is 9.97. The van der Waals surface area contributed by atoms with Crippen LogP contribution in [0.5, 0.6) is 0 Å². The molecule has 4 nitrogen and oxygen atoms in total. The molecule has 6 heteroatoms. The fraction of sp³-hybridized carbons (Fsp3) is 0. The summed E-state index contributed by atoms with van der Waals surface area (Å²) in [6.07, 6.45) is 1.69. The number of amides is 1. The second kappa shape index (κ2) is 8.30. The molecule has 3 aromatic rings. The highest BCUT2D eigenvalue weighted by atomic mass is 35.5. The maximum atomic E-state index is 12.5. The van der Waals surface area contributed by atoms with Gasteiger partial charge in [0.2, 0.25) is 0 Å². The molecule has 140 valence electrons. The number of nitrogens with one attached hydrogen (secondary N) is 2. The zero-order valence-corrected chi connectivity index (χ0v) is 16.3. The van der Waals surface area contributed by atoms with Gasteiger partial charge in [-0.15, -0.1) is 0 Å². The quantitative estimate of drug-likeness (QED) is 0.362. The fourth-order valence-corrected chi connectivity index (χ4v) is 3.24. The van der Waals surface area contributed by atoms with Gasteiger partial charge in [0.1, 0.15) is 0 Å². The first-order chi connectivity index (χ1) is 13.4. The third kappa shape index (κ3) is 4.09. The van der Waals surface area contributed by atoms with Crippen LogP contribution in [0.15, 0.2) is 67.2 Å². The van der Waals surface area contributed by atoms with Gasteiger partial charge >= 0.3 is 0 Å². The van der Waals surface area contributed by atoms with Gasteiger partial charge in [0.15, 0.2) is 0 Å². The zero-order valence-electron chi connectivity index (χ0n) is 14.8. The molecule has 3 rings (SSSR count). The molecule has 0 aliphatic carbocycles. The van der Waals surface area contributed by atoms with Crippen LogP contribution in [-0.4, -0.2) is 11.6 Å².